The number of piperazine rings is 1. The maximum absolute atomic E-state index is 11.8. The van der Waals surface area contributed by atoms with Crippen molar-refractivity contribution in [2.75, 3.05) is 13.1 Å². The van der Waals surface area contributed by atoms with E-state index in [4.69, 9.17) is 0 Å². The van der Waals surface area contributed by atoms with Gasteiger partial charge < -0.3 is 16.0 Å². The van der Waals surface area contributed by atoms with Gasteiger partial charge in [-0.2, -0.15) is 0 Å². The van der Waals surface area contributed by atoms with Gasteiger partial charge in [-0.1, -0.05) is 13.8 Å². The highest BCUT2D eigenvalue weighted by Crippen LogP contribution is 1.99. The fourth-order valence-electron chi connectivity index (χ4n) is 1.76. The van der Waals surface area contributed by atoms with Crippen molar-refractivity contribution in [1.82, 2.24) is 16.0 Å². The van der Waals surface area contributed by atoms with Gasteiger partial charge in [0, 0.05) is 25.2 Å². The molecule has 0 spiro atoms. The molecule has 1 rings (SSSR count). The van der Waals surface area contributed by atoms with Gasteiger partial charge in [-0.3, -0.25) is 4.79 Å². The standard InChI is InChI=1S/C11H23N3O/c1-4-9(5-2)14-11(15)10-7-12-8(3)6-13-10/h8-10,12-13H,4-7H2,1-3H3,(H,14,15). The molecule has 1 heterocycles. The van der Waals surface area contributed by atoms with E-state index in [1.54, 1.807) is 0 Å². The van der Waals surface area contributed by atoms with Crippen LogP contribution in [0.15, 0.2) is 0 Å². The van der Waals surface area contributed by atoms with Crippen LogP contribution in [0.3, 0.4) is 0 Å². The second-order valence-corrected chi connectivity index (χ2v) is 4.29. The maximum atomic E-state index is 11.8. The molecular weight excluding hydrogens is 190 g/mol. The van der Waals surface area contributed by atoms with Crippen LogP contribution in [-0.2, 0) is 4.79 Å². The summed E-state index contributed by atoms with van der Waals surface area (Å²) in [4.78, 5) is 11.8. The van der Waals surface area contributed by atoms with Gasteiger partial charge in [-0.05, 0) is 19.8 Å². The van der Waals surface area contributed by atoms with Gasteiger partial charge in [0.25, 0.3) is 0 Å². The molecule has 1 aliphatic rings. The monoisotopic (exact) mass is 213 g/mol. The van der Waals surface area contributed by atoms with Gasteiger partial charge in [-0.25, -0.2) is 0 Å². The summed E-state index contributed by atoms with van der Waals surface area (Å²) in [6, 6.07) is 0.711. The third-order valence-electron chi connectivity index (χ3n) is 2.99. The Balaban J connectivity index is 2.33. The second kappa shape index (κ2) is 6.08. The van der Waals surface area contributed by atoms with Crippen LogP contribution < -0.4 is 16.0 Å². The molecule has 4 heteroatoms. The molecule has 3 N–H and O–H groups in total. The van der Waals surface area contributed by atoms with Crippen molar-refractivity contribution in [3.63, 3.8) is 0 Å². The summed E-state index contributed by atoms with van der Waals surface area (Å²) in [5.41, 5.74) is 0. The lowest BCUT2D eigenvalue weighted by molar-refractivity contribution is -0.124. The first-order chi connectivity index (χ1) is 7.17. The van der Waals surface area contributed by atoms with E-state index in [2.05, 4.69) is 36.7 Å². The fraction of sp³-hybridized carbons (Fsp3) is 0.909. The van der Waals surface area contributed by atoms with E-state index < -0.39 is 0 Å². The molecular formula is C11H23N3O. The summed E-state index contributed by atoms with van der Waals surface area (Å²) in [5.74, 6) is 0.128. The Bertz CT molecular complexity index is 196. The van der Waals surface area contributed by atoms with Gasteiger partial charge in [0.1, 0.15) is 0 Å². The van der Waals surface area contributed by atoms with Crippen molar-refractivity contribution in [1.29, 1.82) is 0 Å². The van der Waals surface area contributed by atoms with Crippen LogP contribution in [0.4, 0.5) is 0 Å². The summed E-state index contributed by atoms with van der Waals surface area (Å²) in [6.45, 7) is 7.91. The normalized spacial score (nSPS) is 26.7. The lowest BCUT2D eigenvalue weighted by atomic mass is 10.1. The largest absolute Gasteiger partial charge is 0.352 e. The third kappa shape index (κ3) is 3.80. The van der Waals surface area contributed by atoms with Crippen LogP contribution in [0, 0.1) is 0 Å². The number of nitrogens with one attached hydrogen (secondary N) is 3. The number of hydrogen-bond donors (Lipinski definition) is 3. The van der Waals surface area contributed by atoms with Crippen molar-refractivity contribution < 1.29 is 4.79 Å². The van der Waals surface area contributed by atoms with Crippen molar-refractivity contribution in [3.8, 4) is 0 Å². The van der Waals surface area contributed by atoms with Gasteiger partial charge in [-0.15, -0.1) is 0 Å². The summed E-state index contributed by atoms with van der Waals surface area (Å²) < 4.78 is 0. The molecule has 4 nitrogen and oxygen atoms in total. The predicted octanol–water partition coefficient (Wildman–Crippen LogP) is 0.241. The van der Waals surface area contributed by atoms with Crippen molar-refractivity contribution in [2.24, 2.45) is 0 Å². The Kier molecular flexibility index (Phi) is 5.05. The van der Waals surface area contributed by atoms with Crippen LogP contribution in [0.2, 0.25) is 0 Å². The zero-order valence-corrected chi connectivity index (χ0v) is 9.97. The summed E-state index contributed by atoms with van der Waals surface area (Å²) in [7, 11) is 0. The molecule has 0 aromatic heterocycles. The van der Waals surface area contributed by atoms with E-state index in [0.717, 1.165) is 25.9 Å². The van der Waals surface area contributed by atoms with Crippen LogP contribution in [0.1, 0.15) is 33.6 Å². The van der Waals surface area contributed by atoms with E-state index in [-0.39, 0.29) is 11.9 Å². The lowest BCUT2D eigenvalue weighted by Gasteiger charge is -2.29. The van der Waals surface area contributed by atoms with E-state index >= 15 is 0 Å². The van der Waals surface area contributed by atoms with E-state index in [0.29, 0.717) is 12.1 Å². The fourth-order valence-corrected chi connectivity index (χ4v) is 1.76. The molecule has 2 unspecified atom stereocenters. The van der Waals surface area contributed by atoms with Crippen LogP contribution in [0.5, 0.6) is 0 Å². The minimum Gasteiger partial charge on any atom is -0.352 e. The van der Waals surface area contributed by atoms with Gasteiger partial charge in [0.15, 0.2) is 0 Å². The minimum atomic E-state index is -0.0678. The SMILES string of the molecule is CCC(CC)NC(=O)C1CNC(C)CN1. The first kappa shape index (κ1) is 12.5. The molecule has 0 aliphatic carbocycles. The molecule has 1 saturated heterocycles. The smallest absolute Gasteiger partial charge is 0.238 e. The highest BCUT2D eigenvalue weighted by atomic mass is 16.2. The Morgan fingerprint density at radius 1 is 1.33 bits per heavy atom. The first-order valence-electron chi connectivity index (χ1n) is 5.94. The quantitative estimate of drug-likeness (QED) is 0.627. The average molecular weight is 213 g/mol. The molecule has 1 aliphatic heterocycles. The number of amides is 1. The number of carbonyl (C=O) groups excluding carboxylic acids is 1. The Morgan fingerprint density at radius 3 is 2.47 bits per heavy atom. The summed E-state index contributed by atoms with van der Waals surface area (Å²) in [6.07, 6.45) is 2.00. The van der Waals surface area contributed by atoms with E-state index in [1.165, 1.54) is 0 Å². The highest BCUT2D eigenvalue weighted by molar-refractivity contribution is 5.82. The summed E-state index contributed by atoms with van der Waals surface area (Å²) in [5, 5.41) is 9.61. The number of carbonyl (C=O) groups is 1. The van der Waals surface area contributed by atoms with Gasteiger partial charge >= 0.3 is 0 Å². The van der Waals surface area contributed by atoms with Gasteiger partial charge in [0.05, 0.1) is 6.04 Å². The molecule has 0 aromatic rings. The minimum absolute atomic E-state index is 0.0678. The topological polar surface area (TPSA) is 53.2 Å². The maximum Gasteiger partial charge on any atom is 0.238 e. The predicted molar refractivity (Wildman–Crippen MR) is 61.8 cm³/mol. The second-order valence-electron chi connectivity index (χ2n) is 4.29. The zero-order valence-electron chi connectivity index (χ0n) is 9.97. The molecule has 88 valence electrons. The molecule has 1 fully saturated rings. The summed E-state index contributed by atoms with van der Waals surface area (Å²) >= 11 is 0. The number of rotatable bonds is 4. The van der Waals surface area contributed by atoms with Crippen molar-refractivity contribution >= 4 is 5.91 Å². The average Bonchev–Trinajstić information content (AvgIpc) is 2.26. The Labute approximate surface area is 92.2 Å². The number of hydrogen-bond acceptors (Lipinski definition) is 3. The van der Waals surface area contributed by atoms with E-state index in [9.17, 15) is 4.79 Å². The Hall–Kier alpha value is -0.610. The molecule has 0 radical (unpaired) electrons. The zero-order chi connectivity index (χ0) is 11.3. The van der Waals surface area contributed by atoms with Crippen LogP contribution >= 0.6 is 0 Å². The Morgan fingerprint density at radius 2 is 2.00 bits per heavy atom. The van der Waals surface area contributed by atoms with Crippen LogP contribution in [0.25, 0.3) is 0 Å². The van der Waals surface area contributed by atoms with Crippen LogP contribution in [-0.4, -0.2) is 37.1 Å². The highest BCUT2D eigenvalue weighted by Gasteiger charge is 2.24. The first-order valence-corrected chi connectivity index (χ1v) is 5.94. The molecule has 15 heavy (non-hydrogen) atoms. The molecule has 0 saturated carbocycles. The van der Waals surface area contributed by atoms with Crippen molar-refractivity contribution in [2.45, 2.75) is 51.7 Å². The molecule has 1 amide bonds. The molecule has 0 bridgehead atoms. The van der Waals surface area contributed by atoms with Crippen molar-refractivity contribution in [3.05, 3.63) is 0 Å². The molecule has 2 atom stereocenters. The van der Waals surface area contributed by atoms with Gasteiger partial charge in [0.2, 0.25) is 5.91 Å². The third-order valence-corrected chi connectivity index (χ3v) is 2.99. The molecule has 0 aromatic carbocycles. The lowest BCUT2D eigenvalue weighted by Crippen LogP contribution is -2.59. The van der Waals surface area contributed by atoms with E-state index in [1.807, 2.05) is 0 Å².